The molecular weight excluding hydrogens is 459 g/mol. The maximum atomic E-state index is 14.5. The molecular formula is C24H21F5N2O3. The van der Waals surface area contributed by atoms with E-state index in [1.165, 1.54) is 19.1 Å². The number of aromatic nitrogens is 2. The molecule has 5 nitrogen and oxygen atoms in total. The van der Waals surface area contributed by atoms with Crippen LogP contribution < -0.4 is 10.2 Å². The first-order valence-electron chi connectivity index (χ1n) is 10.4. The van der Waals surface area contributed by atoms with Gasteiger partial charge in [-0.3, -0.25) is 4.79 Å². The van der Waals surface area contributed by atoms with Crippen LogP contribution in [-0.4, -0.2) is 28.9 Å². The van der Waals surface area contributed by atoms with Crippen LogP contribution in [0.15, 0.2) is 41.7 Å². The molecule has 34 heavy (non-hydrogen) atoms. The molecule has 0 spiro atoms. The Labute approximate surface area is 191 Å². The molecule has 0 bridgehead atoms. The number of benzene rings is 1. The van der Waals surface area contributed by atoms with Gasteiger partial charge in [-0.25, -0.2) is 9.37 Å². The van der Waals surface area contributed by atoms with Gasteiger partial charge in [0, 0.05) is 29.2 Å². The molecule has 10 heteroatoms. The van der Waals surface area contributed by atoms with Gasteiger partial charge < -0.3 is 14.5 Å². The fourth-order valence-electron chi connectivity index (χ4n) is 4.51. The van der Waals surface area contributed by atoms with Crippen molar-refractivity contribution in [3.63, 3.8) is 0 Å². The minimum Gasteiger partial charge on any atom is -0.493 e. The number of rotatable bonds is 4. The molecule has 0 amide bonds. The van der Waals surface area contributed by atoms with Crippen LogP contribution in [0, 0.1) is 17.6 Å². The summed E-state index contributed by atoms with van der Waals surface area (Å²) in [4.78, 5) is 19.9. The molecule has 1 fully saturated rings. The highest BCUT2D eigenvalue weighted by Crippen LogP contribution is 2.59. The Morgan fingerprint density at radius 1 is 1.24 bits per heavy atom. The van der Waals surface area contributed by atoms with Gasteiger partial charge in [-0.15, -0.1) is 0 Å². The van der Waals surface area contributed by atoms with Crippen molar-refractivity contribution in [2.75, 3.05) is 7.11 Å². The number of ether oxygens (including phenoxy) is 2. The highest BCUT2D eigenvalue weighted by molar-refractivity contribution is 5.75. The van der Waals surface area contributed by atoms with Gasteiger partial charge in [0.1, 0.15) is 11.6 Å². The number of methoxy groups -OCH3 is 1. The van der Waals surface area contributed by atoms with Crippen LogP contribution in [0.3, 0.4) is 0 Å². The Balaban J connectivity index is 1.95. The number of H-pyrrole nitrogens is 1. The maximum absolute atomic E-state index is 14.5. The predicted molar refractivity (Wildman–Crippen MR) is 116 cm³/mol. The van der Waals surface area contributed by atoms with Crippen LogP contribution in [0.5, 0.6) is 5.75 Å². The van der Waals surface area contributed by atoms with Gasteiger partial charge in [0.25, 0.3) is 0 Å². The maximum Gasteiger partial charge on any atom is 0.417 e. The lowest BCUT2D eigenvalue weighted by molar-refractivity contribution is -0.275. The lowest BCUT2D eigenvalue weighted by Crippen LogP contribution is -2.46. The third-order valence-corrected chi connectivity index (χ3v) is 6.54. The van der Waals surface area contributed by atoms with Gasteiger partial charge in [0.2, 0.25) is 11.2 Å². The van der Waals surface area contributed by atoms with Crippen molar-refractivity contribution in [1.29, 1.82) is 0 Å². The summed E-state index contributed by atoms with van der Waals surface area (Å²) in [6.07, 6.45) is -4.69. The van der Waals surface area contributed by atoms with Crippen LogP contribution in [-0.2, 0) is 4.74 Å². The Morgan fingerprint density at radius 3 is 2.56 bits per heavy atom. The van der Waals surface area contributed by atoms with Crippen molar-refractivity contribution in [1.82, 2.24) is 9.97 Å². The highest BCUT2D eigenvalue weighted by Gasteiger charge is 2.65. The van der Waals surface area contributed by atoms with E-state index in [4.69, 9.17) is 9.47 Å². The molecule has 0 saturated carbocycles. The molecule has 0 radical (unpaired) electrons. The summed E-state index contributed by atoms with van der Waals surface area (Å²) in [5.74, 6) is -5.43. The van der Waals surface area contributed by atoms with E-state index in [1.807, 2.05) is 0 Å². The summed E-state index contributed by atoms with van der Waals surface area (Å²) < 4.78 is 81.4. The summed E-state index contributed by atoms with van der Waals surface area (Å²) in [6, 6.07) is 6.25. The van der Waals surface area contributed by atoms with Crippen molar-refractivity contribution in [2.45, 2.75) is 37.6 Å². The van der Waals surface area contributed by atoms with Crippen molar-refractivity contribution < 1.29 is 31.4 Å². The van der Waals surface area contributed by atoms with Gasteiger partial charge in [0.05, 0.1) is 18.3 Å². The lowest BCUT2D eigenvalue weighted by atomic mass is 9.76. The quantitative estimate of drug-likeness (QED) is 0.489. The summed E-state index contributed by atoms with van der Waals surface area (Å²) >= 11 is 0. The van der Waals surface area contributed by atoms with E-state index in [0.717, 1.165) is 26.2 Å². The zero-order chi connectivity index (χ0) is 25.0. The minimum atomic E-state index is -4.79. The zero-order valence-corrected chi connectivity index (χ0v) is 18.5. The average Bonchev–Trinajstić information content (AvgIpc) is 3.07. The molecule has 3 aromatic rings. The van der Waals surface area contributed by atoms with Crippen molar-refractivity contribution >= 4 is 17.1 Å². The van der Waals surface area contributed by atoms with Crippen LogP contribution in [0.2, 0.25) is 0 Å². The van der Waals surface area contributed by atoms with E-state index < -0.39 is 52.5 Å². The smallest absolute Gasteiger partial charge is 0.417 e. The largest absolute Gasteiger partial charge is 0.493 e. The number of halogens is 5. The highest BCUT2D eigenvalue weighted by atomic mass is 19.4. The molecule has 1 saturated heterocycles. The molecule has 1 N–H and O–H groups in total. The van der Waals surface area contributed by atoms with E-state index in [0.29, 0.717) is 5.69 Å². The minimum absolute atomic E-state index is 0.00653. The van der Waals surface area contributed by atoms with Gasteiger partial charge in [-0.1, -0.05) is 19.6 Å². The van der Waals surface area contributed by atoms with Crippen LogP contribution in [0.25, 0.3) is 17.1 Å². The fraction of sp³-hybridized carbons (Fsp3) is 0.333. The molecule has 0 unspecified atom stereocenters. The summed E-state index contributed by atoms with van der Waals surface area (Å²) in [6.45, 7) is 5.81. The first kappa shape index (κ1) is 23.9. The first-order chi connectivity index (χ1) is 15.9. The molecule has 180 valence electrons. The number of pyridine rings is 2. The van der Waals surface area contributed by atoms with E-state index in [2.05, 4.69) is 16.5 Å². The fourth-order valence-corrected chi connectivity index (χ4v) is 4.51. The summed E-state index contributed by atoms with van der Waals surface area (Å²) in [5, 5.41) is 0. The van der Waals surface area contributed by atoms with Crippen LogP contribution >= 0.6 is 0 Å². The predicted octanol–water partition coefficient (Wildman–Crippen LogP) is 5.67. The molecule has 1 aromatic carbocycles. The number of nitrogens with zero attached hydrogens (tertiary/aromatic N) is 1. The number of hydrogen-bond donors (Lipinski definition) is 1. The Morgan fingerprint density at radius 2 is 1.94 bits per heavy atom. The standard InChI is InChI=1S/C24H21F5N2O3/c1-5-12-6-9-15-20(30-12)17(32)10-16(31-15)22-18(11(2)23(3,34-22)24(27,28)29)13-7-8-14(25)19(26)21(13)33-4/h5-11,18,22H,1H2,2-4H3,(H,31,32)/t11-,18-,22-,23+/m0/s1. The van der Waals surface area contributed by atoms with Crippen molar-refractivity contribution in [3.05, 3.63) is 75.7 Å². The second kappa shape index (κ2) is 8.19. The van der Waals surface area contributed by atoms with Gasteiger partial charge in [-0.05, 0) is 31.2 Å². The molecule has 4 rings (SSSR count). The van der Waals surface area contributed by atoms with Crippen molar-refractivity contribution in [2.24, 2.45) is 5.92 Å². The second-order valence-corrected chi connectivity index (χ2v) is 8.37. The second-order valence-electron chi connectivity index (χ2n) is 8.37. The van der Waals surface area contributed by atoms with E-state index in [9.17, 15) is 26.7 Å². The molecule has 2 aromatic heterocycles. The van der Waals surface area contributed by atoms with E-state index >= 15 is 0 Å². The van der Waals surface area contributed by atoms with Crippen LogP contribution in [0.4, 0.5) is 22.0 Å². The zero-order valence-electron chi connectivity index (χ0n) is 18.5. The topological polar surface area (TPSA) is 64.2 Å². The number of alkyl halides is 3. The number of aromatic amines is 1. The SMILES string of the molecule is C=Cc1ccc2[nH]c([C@@H]3O[C@@](C)(C(F)(F)F)[C@@H](C)[C@H]3c3ccc(F)c(F)c3OC)cc(=O)c2n1. The number of fused-ring (bicyclic) bond motifs is 1. The molecule has 1 aliphatic heterocycles. The molecule has 0 aliphatic carbocycles. The van der Waals surface area contributed by atoms with Gasteiger partial charge in [0.15, 0.2) is 17.2 Å². The molecule has 3 heterocycles. The van der Waals surface area contributed by atoms with Crippen molar-refractivity contribution in [3.8, 4) is 5.75 Å². The Kier molecular flexibility index (Phi) is 5.75. The Hall–Kier alpha value is -3.27. The summed E-state index contributed by atoms with van der Waals surface area (Å²) in [5.41, 5.74) is -2.34. The monoisotopic (exact) mass is 480 g/mol. The third-order valence-electron chi connectivity index (χ3n) is 6.54. The number of hydrogen-bond acceptors (Lipinski definition) is 4. The molecule has 4 atom stereocenters. The van der Waals surface area contributed by atoms with E-state index in [1.54, 1.807) is 12.1 Å². The number of nitrogens with one attached hydrogen (secondary N) is 1. The first-order valence-corrected chi connectivity index (χ1v) is 10.4. The summed E-state index contributed by atoms with van der Waals surface area (Å²) in [7, 11) is 1.10. The van der Waals surface area contributed by atoms with Crippen LogP contribution in [0.1, 0.15) is 42.8 Å². The van der Waals surface area contributed by atoms with E-state index in [-0.39, 0.29) is 22.3 Å². The van der Waals surface area contributed by atoms with Gasteiger partial charge >= 0.3 is 6.18 Å². The normalized spacial score (nSPS) is 25.0. The average molecular weight is 480 g/mol. The third kappa shape index (κ3) is 3.56. The Bertz CT molecular complexity index is 1340. The molecule has 1 aliphatic rings. The lowest BCUT2D eigenvalue weighted by Gasteiger charge is -2.32. The van der Waals surface area contributed by atoms with Gasteiger partial charge in [-0.2, -0.15) is 17.6 Å².